The second-order valence-electron chi connectivity index (χ2n) is 5.86. The summed E-state index contributed by atoms with van der Waals surface area (Å²) in [6, 6.07) is 13.7. The van der Waals surface area contributed by atoms with Gasteiger partial charge in [0.15, 0.2) is 6.10 Å². The summed E-state index contributed by atoms with van der Waals surface area (Å²) in [5.74, 6) is 0.710. The molecular weight excluding hydrogens is 354 g/mol. The van der Waals surface area contributed by atoms with Crippen LogP contribution >= 0.6 is 15.9 Å². The fraction of sp³-hybridized carbons (Fsp3) is 0.316. The van der Waals surface area contributed by atoms with E-state index in [1.54, 1.807) is 6.92 Å². The number of rotatable bonds is 4. The molecular formula is C19H20BrNO2. The molecule has 120 valence electrons. The molecule has 2 aromatic rings. The molecule has 0 unspecified atom stereocenters. The molecule has 0 radical (unpaired) electrons. The third-order valence-corrected chi connectivity index (χ3v) is 4.67. The molecule has 0 aliphatic heterocycles. The molecule has 0 bridgehead atoms. The molecule has 1 N–H and O–H groups in total. The van der Waals surface area contributed by atoms with Crippen molar-refractivity contribution in [2.24, 2.45) is 0 Å². The van der Waals surface area contributed by atoms with Crippen LogP contribution < -0.4 is 10.1 Å². The van der Waals surface area contributed by atoms with E-state index < -0.39 is 6.10 Å². The first kappa shape index (κ1) is 16.1. The van der Waals surface area contributed by atoms with E-state index in [1.807, 2.05) is 36.4 Å². The van der Waals surface area contributed by atoms with Gasteiger partial charge in [-0.15, -0.1) is 0 Å². The first-order chi connectivity index (χ1) is 11.1. The van der Waals surface area contributed by atoms with Crippen LogP contribution in [0.5, 0.6) is 5.75 Å². The summed E-state index contributed by atoms with van der Waals surface area (Å²) in [6.45, 7) is 1.79. The lowest BCUT2D eigenvalue weighted by Gasteiger charge is -2.22. The van der Waals surface area contributed by atoms with Gasteiger partial charge in [-0.2, -0.15) is 0 Å². The normalized spacial score (nSPS) is 14.7. The average molecular weight is 374 g/mol. The van der Waals surface area contributed by atoms with Gasteiger partial charge in [0.25, 0.3) is 5.91 Å². The third-order valence-electron chi connectivity index (χ3n) is 4.14. The molecule has 3 nitrogen and oxygen atoms in total. The van der Waals surface area contributed by atoms with Crippen molar-refractivity contribution < 1.29 is 9.53 Å². The summed E-state index contributed by atoms with van der Waals surface area (Å²) >= 11 is 3.38. The molecule has 4 heteroatoms. The topological polar surface area (TPSA) is 38.3 Å². The number of benzene rings is 2. The number of anilines is 1. The van der Waals surface area contributed by atoms with Crippen LogP contribution in [0, 0.1) is 0 Å². The predicted octanol–water partition coefficient (Wildman–Crippen LogP) is 4.73. The van der Waals surface area contributed by atoms with E-state index in [4.69, 9.17) is 4.74 Å². The zero-order chi connectivity index (χ0) is 16.2. The Morgan fingerprint density at radius 3 is 2.65 bits per heavy atom. The van der Waals surface area contributed by atoms with Gasteiger partial charge in [-0.3, -0.25) is 4.79 Å². The minimum atomic E-state index is -0.535. The Hall–Kier alpha value is -1.81. The Kier molecular flexibility index (Phi) is 5.01. The van der Waals surface area contributed by atoms with E-state index >= 15 is 0 Å². The number of carbonyl (C=O) groups is 1. The van der Waals surface area contributed by atoms with E-state index in [9.17, 15) is 4.79 Å². The van der Waals surface area contributed by atoms with Crippen LogP contribution in [-0.2, 0) is 17.6 Å². The van der Waals surface area contributed by atoms with Crippen LogP contribution in [0.4, 0.5) is 5.69 Å². The highest BCUT2D eigenvalue weighted by molar-refractivity contribution is 9.10. The number of aryl methyl sites for hydroxylation is 1. The predicted molar refractivity (Wildman–Crippen MR) is 95.9 cm³/mol. The molecule has 0 aromatic heterocycles. The number of amides is 1. The van der Waals surface area contributed by atoms with Crippen LogP contribution in [0.15, 0.2) is 46.9 Å². The number of halogens is 1. The fourth-order valence-corrected chi connectivity index (χ4v) is 3.14. The van der Waals surface area contributed by atoms with Gasteiger partial charge in [-0.1, -0.05) is 28.1 Å². The van der Waals surface area contributed by atoms with Crippen LogP contribution in [0.1, 0.15) is 30.9 Å². The van der Waals surface area contributed by atoms with E-state index in [-0.39, 0.29) is 5.91 Å². The summed E-state index contributed by atoms with van der Waals surface area (Å²) in [5, 5.41) is 2.88. The summed E-state index contributed by atoms with van der Waals surface area (Å²) in [6.07, 6.45) is 4.02. The molecule has 1 atom stereocenters. The standard InChI is InChI=1S/C19H20BrNO2/c1-13(19(22)21-16-11-9-15(20)10-12-16)23-18-8-4-6-14-5-2-3-7-17(14)18/h4,6,8-13H,2-3,5,7H2,1H3,(H,21,22)/t13-/m0/s1. The van der Waals surface area contributed by atoms with Crippen molar-refractivity contribution in [1.29, 1.82) is 0 Å². The van der Waals surface area contributed by atoms with E-state index in [0.717, 1.165) is 28.8 Å². The van der Waals surface area contributed by atoms with E-state index in [0.29, 0.717) is 0 Å². The highest BCUT2D eigenvalue weighted by Crippen LogP contribution is 2.30. The van der Waals surface area contributed by atoms with Gasteiger partial charge in [0, 0.05) is 10.2 Å². The summed E-state index contributed by atoms with van der Waals surface area (Å²) in [7, 11) is 0. The lowest BCUT2D eigenvalue weighted by Crippen LogP contribution is -2.30. The Morgan fingerprint density at radius 1 is 1.13 bits per heavy atom. The van der Waals surface area contributed by atoms with Gasteiger partial charge in [0.1, 0.15) is 5.75 Å². The molecule has 2 aromatic carbocycles. The second-order valence-corrected chi connectivity index (χ2v) is 6.77. The quantitative estimate of drug-likeness (QED) is 0.840. The molecule has 0 saturated carbocycles. The molecule has 23 heavy (non-hydrogen) atoms. The smallest absolute Gasteiger partial charge is 0.265 e. The maximum Gasteiger partial charge on any atom is 0.265 e. The van der Waals surface area contributed by atoms with Crippen LogP contribution in [0.2, 0.25) is 0 Å². The maximum absolute atomic E-state index is 12.3. The molecule has 1 aliphatic rings. The zero-order valence-corrected chi connectivity index (χ0v) is 14.7. The van der Waals surface area contributed by atoms with Gasteiger partial charge in [-0.25, -0.2) is 0 Å². The zero-order valence-electron chi connectivity index (χ0n) is 13.1. The van der Waals surface area contributed by atoms with Crippen molar-refractivity contribution in [2.45, 2.75) is 38.7 Å². The monoisotopic (exact) mass is 373 g/mol. The van der Waals surface area contributed by atoms with Crippen molar-refractivity contribution in [3.05, 3.63) is 58.1 Å². The second kappa shape index (κ2) is 7.18. The first-order valence-electron chi connectivity index (χ1n) is 7.97. The molecule has 0 spiro atoms. The maximum atomic E-state index is 12.3. The largest absolute Gasteiger partial charge is 0.481 e. The van der Waals surface area contributed by atoms with Gasteiger partial charge in [-0.05, 0) is 74.1 Å². The number of carbonyl (C=O) groups excluding carboxylic acids is 1. The third kappa shape index (κ3) is 3.94. The SMILES string of the molecule is C[C@H](Oc1cccc2c1CCCC2)C(=O)Nc1ccc(Br)cc1. The van der Waals surface area contributed by atoms with Gasteiger partial charge >= 0.3 is 0 Å². The molecule has 1 amide bonds. The minimum Gasteiger partial charge on any atom is -0.481 e. The molecule has 0 heterocycles. The van der Waals surface area contributed by atoms with E-state index in [2.05, 4.69) is 27.3 Å². The lowest BCUT2D eigenvalue weighted by atomic mass is 9.91. The highest BCUT2D eigenvalue weighted by atomic mass is 79.9. The summed E-state index contributed by atoms with van der Waals surface area (Å²) in [4.78, 5) is 12.3. The van der Waals surface area contributed by atoms with Gasteiger partial charge in [0.2, 0.25) is 0 Å². The number of hydrogen-bond donors (Lipinski definition) is 1. The highest BCUT2D eigenvalue weighted by Gasteiger charge is 2.19. The van der Waals surface area contributed by atoms with E-state index in [1.165, 1.54) is 24.0 Å². The van der Waals surface area contributed by atoms with Crippen LogP contribution in [0.3, 0.4) is 0 Å². The number of nitrogens with one attached hydrogen (secondary N) is 1. The molecule has 0 saturated heterocycles. The number of hydrogen-bond acceptors (Lipinski definition) is 2. The average Bonchev–Trinajstić information content (AvgIpc) is 2.57. The Morgan fingerprint density at radius 2 is 1.87 bits per heavy atom. The summed E-state index contributed by atoms with van der Waals surface area (Å²) in [5.41, 5.74) is 3.39. The van der Waals surface area contributed by atoms with Crippen LogP contribution in [-0.4, -0.2) is 12.0 Å². The lowest BCUT2D eigenvalue weighted by molar-refractivity contribution is -0.122. The fourth-order valence-electron chi connectivity index (χ4n) is 2.88. The van der Waals surface area contributed by atoms with Crippen LogP contribution in [0.25, 0.3) is 0 Å². The Bertz CT molecular complexity index is 697. The minimum absolute atomic E-state index is 0.138. The number of fused-ring (bicyclic) bond motifs is 1. The van der Waals surface area contributed by atoms with Crippen molar-refractivity contribution in [3.63, 3.8) is 0 Å². The van der Waals surface area contributed by atoms with Crippen molar-refractivity contribution in [3.8, 4) is 5.75 Å². The van der Waals surface area contributed by atoms with Crippen molar-refractivity contribution >= 4 is 27.5 Å². The Labute approximate surface area is 145 Å². The van der Waals surface area contributed by atoms with Crippen molar-refractivity contribution in [2.75, 3.05) is 5.32 Å². The molecule has 3 rings (SSSR count). The van der Waals surface area contributed by atoms with Crippen molar-refractivity contribution in [1.82, 2.24) is 0 Å². The summed E-state index contributed by atoms with van der Waals surface area (Å²) < 4.78 is 6.93. The first-order valence-corrected chi connectivity index (χ1v) is 8.76. The van der Waals surface area contributed by atoms with Gasteiger partial charge in [0.05, 0.1) is 0 Å². The number of ether oxygens (including phenoxy) is 1. The molecule has 1 aliphatic carbocycles. The Balaban J connectivity index is 1.68. The molecule has 0 fully saturated rings. The van der Waals surface area contributed by atoms with Gasteiger partial charge < -0.3 is 10.1 Å².